The minimum Gasteiger partial charge on any atom is -0.391 e. The Morgan fingerprint density at radius 3 is 2.68 bits per heavy atom. The molecule has 1 aromatic carbocycles. The molecule has 0 radical (unpaired) electrons. The third-order valence-corrected chi connectivity index (χ3v) is 7.13. The Morgan fingerprint density at radius 2 is 2.00 bits per heavy atom. The molecule has 2 atom stereocenters. The van der Waals surface area contributed by atoms with Crippen LogP contribution in [-0.2, 0) is 4.79 Å². The maximum atomic E-state index is 13.4. The third kappa shape index (κ3) is 3.87. The predicted molar refractivity (Wildman–Crippen MR) is 108 cm³/mol. The summed E-state index contributed by atoms with van der Waals surface area (Å²) in [4.78, 5) is 19.1. The first kappa shape index (κ1) is 19.9. The average Bonchev–Trinajstić information content (AvgIpc) is 3.45. The van der Waals surface area contributed by atoms with E-state index in [-0.39, 0.29) is 28.5 Å². The number of carbonyl (C=O) groups is 1. The lowest BCUT2D eigenvalue weighted by Gasteiger charge is -2.41. The first-order chi connectivity index (χ1) is 13.4. The summed E-state index contributed by atoms with van der Waals surface area (Å²) in [5, 5.41) is 10.4. The fourth-order valence-corrected chi connectivity index (χ4v) is 4.85. The highest BCUT2D eigenvalue weighted by atomic mass is 35.5. The van der Waals surface area contributed by atoms with Crippen molar-refractivity contribution in [3.8, 4) is 0 Å². The van der Waals surface area contributed by atoms with Crippen molar-refractivity contribution in [3.63, 3.8) is 0 Å². The summed E-state index contributed by atoms with van der Waals surface area (Å²) in [6, 6.07) is 4.32. The second-order valence-corrected chi connectivity index (χ2v) is 8.98. The molecule has 7 heteroatoms. The predicted octanol–water partition coefficient (Wildman–Crippen LogP) is 2.75. The van der Waals surface area contributed by atoms with Gasteiger partial charge in [0.15, 0.2) is 0 Å². The number of aliphatic hydroxyl groups excluding tert-OH is 1. The maximum absolute atomic E-state index is 13.4. The van der Waals surface area contributed by atoms with Crippen LogP contribution >= 0.6 is 11.6 Å². The summed E-state index contributed by atoms with van der Waals surface area (Å²) in [5.41, 5.74) is 1.02. The smallest absolute Gasteiger partial charge is 0.245 e. The van der Waals surface area contributed by atoms with E-state index in [1.54, 1.807) is 12.1 Å². The SMILES string of the molecule is CC1C(=O)N(CCCN2CCC3(CC3)C(O)C2)CCN1c1ccc(F)c(Cl)c1. The van der Waals surface area contributed by atoms with Crippen LogP contribution < -0.4 is 4.90 Å². The number of benzene rings is 1. The number of anilines is 1. The Bertz CT molecular complexity index is 742. The number of hydrogen-bond donors (Lipinski definition) is 1. The van der Waals surface area contributed by atoms with Gasteiger partial charge in [-0.1, -0.05) is 11.6 Å². The van der Waals surface area contributed by atoms with E-state index in [2.05, 4.69) is 4.90 Å². The molecular weight excluding hydrogens is 381 g/mol. The highest BCUT2D eigenvalue weighted by Gasteiger charge is 2.51. The molecule has 28 heavy (non-hydrogen) atoms. The van der Waals surface area contributed by atoms with Gasteiger partial charge in [0.05, 0.1) is 11.1 Å². The Balaban J connectivity index is 1.26. The zero-order valence-electron chi connectivity index (χ0n) is 16.4. The van der Waals surface area contributed by atoms with E-state index in [1.165, 1.54) is 18.9 Å². The molecule has 2 saturated heterocycles. The molecule has 4 rings (SSSR count). The van der Waals surface area contributed by atoms with Gasteiger partial charge in [-0.3, -0.25) is 4.79 Å². The molecular formula is C21H29ClFN3O2. The Labute approximate surface area is 171 Å². The monoisotopic (exact) mass is 409 g/mol. The lowest BCUT2D eigenvalue weighted by atomic mass is 9.90. The van der Waals surface area contributed by atoms with Crippen molar-refractivity contribution in [2.45, 2.75) is 44.8 Å². The lowest BCUT2D eigenvalue weighted by molar-refractivity contribution is -0.134. The van der Waals surface area contributed by atoms with Crippen molar-refractivity contribution in [1.82, 2.24) is 9.80 Å². The van der Waals surface area contributed by atoms with Gasteiger partial charge in [-0.05, 0) is 69.3 Å². The maximum Gasteiger partial charge on any atom is 0.245 e. The number of carbonyl (C=O) groups excluding carboxylic acids is 1. The number of aliphatic hydroxyl groups is 1. The van der Waals surface area contributed by atoms with Gasteiger partial charge in [-0.2, -0.15) is 0 Å². The van der Waals surface area contributed by atoms with E-state index >= 15 is 0 Å². The zero-order valence-corrected chi connectivity index (χ0v) is 17.2. The van der Waals surface area contributed by atoms with Gasteiger partial charge in [0.2, 0.25) is 5.91 Å². The number of halogens is 2. The summed E-state index contributed by atoms with van der Waals surface area (Å²) in [5.74, 6) is -0.347. The zero-order chi connectivity index (χ0) is 19.9. The minimum atomic E-state index is -0.446. The molecule has 1 aromatic rings. The van der Waals surface area contributed by atoms with Crippen molar-refractivity contribution in [2.75, 3.05) is 44.2 Å². The van der Waals surface area contributed by atoms with E-state index in [4.69, 9.17) is 11.6 Å². The van der Waals surface area contributed by atoms with Gasteiger partial charge < -0.3 is 19.8 Å². The fraction of sp³-hybridized carbons (Fsp3) is 0.667. The molecule has 2 heterocycles. The first-order valence-corrected chi connectivity index (χ1v) is 10.7. The molecule has 0 aromatic heterocycles. The van der Waals surface area contributed by atoms with E-state index in [1.807, 2.05) is 16.7 Å². The van der Waals surface area contributed by atoms with Gasteiger partial charge in [-0.15, -0.1) is 0 Å². The molecule has 3 aliphatic rings. The van der Waals surface area contributed by atoms with Crippen molar-refractivity contribution >= 4 is 23.2 Å². The van der Waals surface area contributed by atoms with Crippen molar-refractivity contribution < 1.29 is 14.3 Å². The fourth-order valence-electron chi connectivity index (χ4n) is 4.68. The van der Waals surface area contributed by atoms with Gasteiger partial charge >= 0.3 is 0 Å². The molecule has 154 valence electrons. The van der Waals surface area contributed by atoms with Gasteiger partial charge in [0.1, 0.15) is 11.9 Å². The molecule has 1 saturated carbocycles. The lowest BCUT2D eigenvalue weighted by Crippen LogP contribution is -2.56. The molecule has 2 unspecified atom stereocenters. The van der Waals surface area contributed by atoms with Crippen LogP contribution in [0.15, 0.2) is 18.2 Å². The molecule has 1 N–H and O–H groups in total. The van der Waals surface area contributed by atoms with Crippen LogP contribution in [0.2, 0.25) is 5.02 Å². The summed E-state index contributed by atoms with van der Waals surface area (Å²) < 4.78 is 13.4. The molecule has 5 nitrogen and oxygen atoms in total. The van der Waals surface area contributed by atoms with Crippen molar-refractivity contribution in [1.29, 1.82) is 0 Å². The van der Waals surface area contributed by atoms with Crippen LogP contribution in [0.4, 0.5) is 10.1 Å². The van der Waals surface area contributed by atoms with E-state index in [0.717, 1.165) is 44.7 Å². The summed E-state index contributed by atoms with van der Waals surface area (Å²) in [7, 11) is 0. The first-order valence-electron chi connectivity index (χ1n) is 10.3. The summed E-state index contributed by atoms with van der Waals surface area (Å²) >= 11 is 5.90. The van der Waals surface area contributed by atoms with Gasteiger partial charge in [-0.25, -0.2) is 4.39 Å². The van der Waals surface area contributed by atoms with Gasteiger partial charge in [0.25, 0.3) is 0 Å². The molecule has 3 fully saturated rings. The van der Waals surface area contributed by atoms with Crippen molar-refractivity contribution in [3.05, 3.63) is 29.0 Å². The highest BCUT2D eigenvalue weighted by Crippen LogP contribution is 2.53. The number of hydrogen-bond acceptors (Lipinski definition) is 4. The number of likely N-dealkylation sites (tertiary alicyclic amines) is 1. The second kappa shape index (κ2) is 7.81. The number of piperidine rings is 1. The van der Waals surface area contributed by atoms with Gasteiger partial charge in [0, 0.05) is 31.9 Å². The normalized spacial score (nSPS) is 27.5. The second-order valence-electron chi connectivity index (χ2n) is 8.58. The number of nitrogens with zero attached hydrogens (tertiary/aromatic N) is 3. The third-order valence-electron chi connectivity index (χ3n) is 6.84. The van der Waals surface area contributed by atoms with Crippen LogP contribution in [0, 0.1) is 11.2 Å². The Kier molecular flexibility index (Phi) is 5.55. The minimum absolute atomic E-state index is 0.0799. The quantitative estimate of drug-likeness (QED) is 0.812. The van der Waals surface area contributed by atoms with E-state index in [9.17, 15) is 14.3 Å². The van der Waals surface area contributed by atoms with Crippen LogP contribution in [0.25, 0.3) is 0 Å². The van der Waals surface area contributed by atoms with E-state index in [0.29, 0.717) is 13.1 Å². The molecule has 1 spiro atoms. The number of β-amino-alcohol motifs (C(OH)–C–C–N with tert-alkyl or cyclic N) is 1. The summed E-state index contributed by atoms with van der Waals surface area (Å²) in [6.45, 7) is 6.73. The Morgan fingerprint density at radius 1 is 1.21 bits per heavy atom. The van der Waals surface area contributed by atoms with E-state index < -0.39 is 5.82 Å². The molecule has 2 aliphatic heterocycles. The standard InChI is InChI=1S/C21H29ClFN3O2/c1-15-20(28)25(11-12-26(15)16-3-4-18(23)17(22)13-16)9-2-8-24-10-7-21(5-6-21)19(27)14-24/h3-4,13,15,19,27H,2,5-12,14H2,1H3. The highest BCUT2D eigenvalue weighted by molar-refractivity contribution is 6.31. The molecule has 1 amide bonds. The number of amides is 1. The van der Waals surface area contributed by atoms with Crippen molar-refractivity contribution in [2.24, 2.45) is 5.41 Å². The number of rotatable bonds is 5. The largest absolute Gasteiger partial charge is 0.391 e. The van der Waals surface area contributed by atoms with Crippen LogP contribution in [-0.4, -0.2) is 72.2 Å². The Hall–Kier alpha value is -1.37. The van der Waals surface area contributed by atoms with Crippen LogP contribution in [0.5, 0.6) is 0 Å². The topological polar surface area (TPSA) is 47.0 Å². The molecule has 0 bridgehead atoms. The van der Waals surface area contributed by atoms with Crippen LogP contribution in [0.1, 0.15) is 32.6 Å². The van der Waals surface area contributed by atoms with Crippen LogP contribution in [0.3, 0.4) is 0 Å². The average molecular weight is 410 g/mol. The molecule has 1 aliphatic carbocycles. The number of piperazine rings is 1. The summed E-state index contributed by atoms with van der Waals surface area (Å²) in [6.07, 6.45) is 4.19.